The summed E-state index contributed by atoms with van der Waals surface area (Å²) in [6.45, 7) is 6.40. The van der Waals surface area contributed by atoms with Crippen molar-refractivity contribution in [3.63, 3.8) is 0 Å². The quantitative estimate of drug-likeness (QED) is 0.839. The first-order chi connectivity index (χ1) is 9.67. The van der Waals surface area contributed by atoms with Gasteiger partial charge in [0.25, 0.3) is 0 Å². The topological polar surface area (TPSA) is 29.9 Å². The van der Waals surface area contributed by atoms with Gasteiger partial charge in [-0.25, -0.2) is 0 Å². The largest absolute Gasteiger partial charge is 0.317 e. The summed E-state index contributed by atoms with van der Waals surface area (Å²) in [5.41, 5.74) is 4.09. The molecule has 3 nitrogen and oxygen atoms in total. The van der Waals surface area contributed by atoms with Crippen LogP contribution in [0.5, 0.6) is 0 Å². The van der Waals surface area contributed by atoms with E-state index in [0.717, 1.165) is 25.9 Å². The summed E-state index contributed by atoms with van der Waals surface area (Å²) in [6, 6.07) is 8.83. The van der Waals surface area contributed by atoms with Gasteiger partial charge in [0.05, 0.1) is 6.20 Å². The third kappa shape index (κ3) is 4.49. The summed E-state index contributed by atoms with van der Waals surface area (Å²) in [4.78, 5) is 0. The van der Waals surface area contributed by atoms with Crippen LogP contribution in [-0.2, 0) is 19.9 Å². The maximum Gasteiger partial charge on any atom is 0.0521 e. The molecule has 0 aliphatic rings. The van der Waals surface area contributed by atoms with Crippen LogP contribution in [0.2, 0.25) is 0 Å². The fraction of sp³-hybridized carbons (Fsp3) is 0.471. The number of nitrogens with zero attached hydrogens (tertiary/aromatic N) is 2. The molecule has 0 amide bonds. The minimum absolute atomic E-state index is 0.612. The lowest BCUT2D eigenvalue weighted by Crippen LogP contribution is -2.25. The van der Waals surface area contributed by atoms with Gasteiger partial charge >= 0.3 is 0 Å². The molecule has 0 bridgehead atoms. The van der Waals surface area contributed by atoms with Gasteiger partial charge < -0.3 is 5.32 Å². The number of nitrogens with one attached hydrogen (secondary N) is 1. The molecule has 1 unspecified atom stereocenters. The van der Waals surface area contributed by atoms with Crippen LogP contribution in [0.15, 0.2) is 36.7 Å². The highest BCUT2D eigenvalue weighted by molar-refractivity contribution is 5.23. The van der Waals surface area contributed by atoms with Crippen LogP contribution >= 0.6 is 0 Å². The van der Waals surface area contributed by atoms with Crippen LogP contribution < -0.4 is 5.32 Å². The second-order valence-corrected chi connectivity index (χ2v) is 5.59. The van der Waals surface area contributed by atoms with Gasteiger partial charge in [-0.05, 0) is 49.9 Å². The van der Waals surface area contributed by atoms with E-state index in [1.807, 2.05) is 17.9 Å². The van der Waals surface area contributed by atoms with Gasteiger partial charge in [0.15, 0.2) is 0 Å². The lowest BCUT2D eigenvalue weighted by molar-refractivity contribution is 0.478. The molecule has 1 atom stereocenters. The van der Waals surface area contributed by atoms with Gasteiger partial charge in [0.2, 0.25) is 0 Å². The van der Waals surface area contributed by atoms with E-state index in [1.165, 1.54) is 16.7 Å². The summed E-state index contributed by atoms with van der Waals surface area (Å²) in [7, 11) is 1.98. The molecule has 0 saturated heterocycles. The van der Waals surface area contributed by atoms with E-state index in [-0.39, 0.29) is 0 Å². The van der Waals surface area contributed by atoms with Gasteiger partial charge in [0, 0.05) is 13.2 Å². The van der Waals surface area contributed by atoms with Crippen molar-refractivity contribution in [1.82, 2.24) is 15.1 Å². The molecule has 3 heteroatoms. The molecule has 2 rings (SSSR count). The number of benzene rings is 1. The summed E-state index contributed by atoms with van der Waals surface area (Å²) in [5.74, 6) is 0.612. The molecule has 1 aromatic heterocycles. The van der Waals surface area contributed by atoms with Gasteiger partial charge in [0.1, 0.15) is 0 Å². The molecular formula is C17H25N3. The molecule has 1 N–H and O–H groups in total. The predicted molar refractivity (Wildman–Crippen MR) is 83.8 cm³/mol. The number of hydrogen-bond acceptors (Lipinski definition) is 2. The molecule has 0 fully saturated rings. The number of rotatable bonds is 7. The Morgan fingerprint density at radius 1 is 1.25 bits per heavy atom. The molecule has 0 aliphatic carbocycles. The van der Waals surface area contributed by atoms with Crippen LogP contribution in [0, 0.1) is 12.8 Å². The molecule has 0 saturated carbocycles. The molecule has 0 radical (unpaired) electrons. The lowest BCUT2D eigenvalue weighted by atomic mass is 9.93. The van der Waals surface area contributed by atoms with E-state index in [0.29, 0.717) is 5.92 Å². The monoisotopic (exact) mass is 271 g/mol. The highest BCUT2D eigenvalue weighted by atomic mass is 15.2. The Balaban J connectivity index is 2.02. The standard InChI is InChI=1S/C17H25N3/c1-4-18-11-16(10-17-12-19-20(3)13-17)9-15-7-5-6-14(2)8-15/h5-8,12-13,16,18H,4,9-11H2,1-3H3. The van der Waals surface area contributed by atoms with Crippen LogP contribution in [0.1, 0.15) is 23.6 Å². The van der Waals surface area contributed by atoms with Gasteiger partial charge in [-0.1, -0.05) is 36.8 Å². The molecular weight excluding hydrogens is 246 g/mol. The average molecular weight is 271 g/mol. The van der Waals surface area contributed by atoms with Crippen molar-refractivity contribution >= 4 is 0 Å². The van der Waals surface area contributed by atoms with E-state index in [9.17, 15) is 0 Å². The number of aromatic nitrogens is 2. The third-order valence-corrected chi connectivity index (χ3v) is 3.57. The van der Waals surface area contributed by atoms with Gasteiger partial charge in [-0.3, -0.25) is 4.68 Å². The van der Waals surface area contributed by atoms with Crippen molar-refractivity contribution in [3.8, 4) is 0 Å². The van der Waals surface area contributed by atoms with E-state index >= 15 is 0 Å². The lowest BCUT2D eigenvalue weighted by Gasteiger charge is -2.17. The molecule has 20 heavy (non-hydrogen) atoms. The fourth-order valence-electron chi connectivity index (χ4n) is 2.65. The summed E-state index contributed by atoms with van der Waals surface area (Å²) in [5, 5.41) is 7.75. The Kier molecular flexibility index (Phi) is 5.36. The van der Waals surface area contributed by atoms with Crippen molar-refractivity contribution in [3.05, 3.63) is 53.3 Å². The van der Waals surface area contributed by atoms with Crippen molar-refractivity contribution in [2.45, 2.75) is 26.7 Å². The summed E-state index contributed by atoms with van der Waals surface area (Å²) >= 11 is 0. The molecule has 2 aromatic rings. The Labute approximate surface area is 122 Å². The SMILES string of the molecule is CCNCC(Cc1cccc(C)c1)Cc1cnn(C)c1. The van der Waals surface area contributed by atoms with Crippen molar-refractivity contribution in [2.75, 3.05) is 13.1 Å². The number of aryl methyl sites for hydroxylation is 2. The normalized spacial score (nSPS) is 12.6. The first-order valence-electron chi connectivity index (χ1n) is 7.41. The zero-order valence-electron chi connectivity index (χ0n) is 12.8. The fourth-order valence-corrected chi connectivity index (χ4v) is 2.65. The first kappa shape index (κ1) is 14.8. The highest BCUT2D eigenvalue weighted by Crippen LogP contribution is 2.15. The van der Waals surface area contributed by atoms with Crippen LogP contribution in [0.25, 0.3) is 0 Å². The summed E-state index contributed by atoms with van der Waals surface area (Å²) in [6.07, 6.45) is 6.29. The maximum absolute atomic E-state index is 4.27. The minimum Gasteiger partial charge on any atom is -0.317 e. The third-order valence-electron chi connectivity index (χ3n) is 3.57. The second kappa shape index (κ2) is 7.25. The molecule has 108 valence electrons. The van der Waals surface area contributed by atoms with Gasteiger partial charge in [-0.15, -0.1) is 0 Å². The molecule has 0 aliphatic heterocycles. The van der Waals surface area contributed by atoms with Crippen LogP contribution in [0.3, 0.4) is 0 Å². The Morgan fingerprint density at radius 2 is 2.05 bits per heavy atom. The Hall–Kier alpha value is -1.61. The average Bonchev–Trinajstić information content (AvgIpc) is 2.81. The predicted octanol–water partition coefficient (Wildman–Crippen LogP) is 2.74. The van der Waals surface area contributed by atoms with E-state index in [2.05, 4.69) is 54.7 Å². The first-order valence-corrected chi connectivity index (χ1v) is 7.41. The maximum atomic E-state index is 4.27. The van der Waals surface area contributed by atoms with Crippen molar-refractivity contribution in [1.29, 1.82) is 0 Å². The van der Waals surface area contributed by atoms with E-state index in [4.69, 9.17) is 0 Å². The van der Waals surface area contributed by atoms with Crippen molar-refractivity contribution < 1.29 is 0 Å². The highest BCUT2D eigenvalue weighted by Gasteiger charge is 2.11. The van der Waals surface area contributed by atoms with E-state index < -0.39 is 0 Å². The van der Waals surface area contributed by atoms with Crippen LogP contribution in [-0.4, -0.2) is 22.9 Å². The smallest absolute Gasteiger partial charge is 0.0521 e. The summed E-state index contributed by atoms with van der Waals surface area (Å²) < 4.78 is 1.88. The van der Waals surface area contributed by atoms with Crippen LogP contribution in [0.4, 0.5) is 0 Å². The Morgan fingerprint density at radius 3 is 2.70 bits per heavy atom. The van der Waals surface area contributed by atoms with Crippen molar-refractivity contribution in [2.24, 2.45) is 13.0 Å². The Bertz CT molecular complexity index is 531. The van der Waals surface area contributed by atoms with E-state index in [1.54, 1.807) is 0 Å². The molecule has 0 spiro atoms. The zero-order valence-corrected chi connectivity index (χ0v) is 12.8. The minimum atomic E-state index is 0.612. The zero-order chi connectivity index (χ0) is 14.4. The number of hydrogen-bond donors (Lipinski definition) is 1. The second-order valence-electron chi connectivity index (χ2n) is 5.59. The molecule has 1 heterocycles. The van der Waals surface area contributed by atoms with Gasteiger partial charge in [-0.2, -0.15) is 5.10 Å². The molecule has 1 aromatic carbocycles.